The molecule has 0 saturated heterocycles. The van der Waals surface area contributed by atoms with Crippen molar-refractivity contribution in [3.63, 3.8) is 0 Å². The smallest absolute Gasteiger partial charge is 0.141 e. The van der Waals surface area contributed by atoms with E-state index in [1.165, 1.54) is 0 Å². The summed E-state index contributed by atoms with van der Waals surface area (Å²) in [5, 5.41) is 4.31. The number of nitrogens with one attached hydrogen (secondary N) is 1. The zero-order valence-electron chi connectivity index (χ0n) is 12.4. The van der Waals surface area contributed by atoms with E-state index in [-0.39, 0.29) is 0 Å². The predicted molar refractivity (Wildman–Crippen MR) is 93.8 cm³/mol. The van der Waals surface area contributed by atoms with Crippen molar-refractivity contribution in [2.24, 2.45) is 0 Å². The van der Waals surface area contributed by atoms with Crippen molar-refractivity contribution in [1.29, 1.82) is 0 Å². The van der Waals surface area contributed by atoms with Crippen molar-refractivity contribution in [3.05, 3.63) is 54.3 Å². The second-order valence-corrected chi connectivity index (χ2v) is 5.26. The predicted octanol–water partition coefficient (Wildman–Crippen LogP) is 5.01. The summed E-state index contributed by atoms with van der Waals surface area (Å²) in [6.45, 7) is 4.00. The number of fused-ring (bicyclic) bond motifs is 3. The second kappa shape index (κ2) is 6.49. The first-order valence-corrected chi connectivity index (χ1v) is 8.09. The van der Waals surface area contributed by atoms with E-state index in [9.17, 15) is 0 Å². The lowest BCUT2D eigenvalue weighted by Crippen LogP contribution is -1.95. The van der Waals surface area contributed by atoms with Gasteiger partial charge < -0.3 is 5.32 Å². The summed E-state index contributed by atoms with van der Waals surface area (Å²) in [6, 6.07) is 14.1. The molecule has 2 aromatic carbocycles. The average molecular weight is 308 g/mol. The number of thiazole rings is 1. The molecule has 5 heteroatoms. The highest BCUT2D eigenvalue weighted by atomic mass is 32.1. The summed E-state index contributed by atoms with van der Waals surface area (Å²) in [7, 11) is 0. The minimum absolute atomic E-state index is 0.802. The molecular formula is C17H16N4S. The molecule has 1 N–H and O–H groups in total. The number of nitrogens with zero attached hydrogens (tertiary/aromatic N) is 3. The molecule has 0 aliphatic rings. The van der Waals surface area contributed by atoms with Gasteiger partial charge in [-0.25, -0.2) is 15.0 Å². The van der Waals surface area contributed by atoms with Crippen LogP contribution in [0.25, 0.3) is 21.1 Å². The Labute approximate surface area is 132 Å². The number of hydrogen-bond acceptors (Lipinski definition) is 5. The fourth-order valence-electron chi connectivity index (χ4n) is 2.21. The third-order valence-electron chi connectivity index (χ3n) is 3.14. The Morgan fingerprint density at radius 1 is 0.864 bits per heavy atom. The number of para-hydroxylation sites is 1. The van der Waals surface area contributed by atoms with Crippen LogP contribution in [-0.2, 0) is 0 Å². The van der Waals surface area contributed by atoms with Gasteiger partial charge in [0.25, 0.3) is 0 Å². The van der Waals surface area contributed by atoms with Gasteiger partial charge in [-0.05, 0) is 24.3 Å². The van der Waals surface area contributed by atoms with Crippen LogP contribution in [-0.4, -0.2) is 15.0 Å². The maximum absolute atomic E-state index is 4.40. The molecule has 0 amide bonds. The summed E-state index contributed by atoms with van der Waals surface area (Å²) in [4.78, 5) is 13.1. The minimum atomic E-state index is 0.802. The molecule has 4 nitrogen and oxygen atoms in total. The quantitative estimate of drug-likeness (QED) is 0.565. The molecule has 0 spiro atoms. The van der Waals surface area contributed by atoms with Crippen LogP contribution in [0.3, 0.4) is 0 Å². The second-order valence-electron chi connectivity index (χ2n) is 4.37. The highest BCUT2D eigenvalue weighted by Gasteiger charge is 2.09. The molecule has 0 radical (unpaired) electrons. The molecule has 110 valence electrons. The van der Waals surface area contributed by atoms with Crippen LogP contribution in [0.15, 0.2) is 54.3 Å². The Morgan fingerprint density at radius 2 is 1.68 bits per heavy atom. The van der Waals surface area contributed by atoms with Gasteiger partial charge in [0.15, 0.2) is 0 Å². The van der Waals surface area contributed by atoms with Crippen molar-refractivity contribution < 1.29 is 0 Å². The van der Waals surface area contributed by atoms with Gasteiger partial charge in [0.05, 0.1) is 10.2 Å². The SMILES string of the molecule is CC.c1ccc(Nc2ncnc3c2ccc2scnc23)cc1. The summed E-state index contributed by atoms with van der Waals surface area (Å²) in [6.07, 6.45) is 1.58. The fourth-order valence-corrected chi connectivity index (χ4v) is 2.89. The van der Waals surface area contributed by atoms with Crippen LogP contribution in [0.5, 0.6) is 0 Å². The molecule has 0 atom stereocenters. The largest absolute Gasteiger partial charge is 0.340 e. The molecular weight excluding hydrogens is 292 g/mol. The van der Waals surface area contributed by atoms with Crippen LogP contribution in [0.4, 0.5) is 11.5 Å². The van der Waals surface area contributed by atoms with E-state index in [1.807, 2.05) is 55.8 Å². The van der Waals surface area contributed by atoms with Crippen LogP contribution < -0.4 is 5.32 Å². The van der Waals surface area contributed by atoms with Gasteiger partial charge in [0.2, 0.25) is 0 Å². The van der Waals surface area contributed by atoms with Crippen LogP contribution in [0.2, 0.25) is 0 Å². The van der Waals surface area contributed by atoms with Gasteiger partial charge in [-0.15, -0.1) is 11.3 Å². The Hall–Kier alpha value is -2.53. The van der Waals surface area contributed by atoms with E-state index < -0.39 is 0 Å². The summed E-state index contributed by atoms with van der Waals surface area (Å²) in [5.41, 5.74) is 4.67. The molecule has 0 fully saturated rings. The van der Waals surface area contributed by atoms with Crippen molar-refractivity contribution >= 4 is 44.0 Å². The molecule has 4 aromatic rings. The van der Waals surface area contributed by atoms with Gasteiger partial charge in [-0.2, -0.15) is 0 Å². The first-order chi connectivity index (χ1) is 10.9. The van der Waals surface area contributed by atoms with Crippen LogP contribution in [0, 0.1) is 0 Å². The number of benzene rings is 2. The van der Waals surface area contributed by atoms with Gasteiger partial charge in [-0.3, -0.25) is 0 Å². The number of anilines is 2. The highest BCUT2D eigenvalue weighted by Crippen LogP contribution is 2.29. The monoisotopic (exact) mass is 308 g/mol. The van der Waals surface area contributed by atoms with E-state index in [2.05, 4.69) is 26.3 Å². The first-order valence-electron chi connectivity index (χ1n) is 7.21. The molecule has 22 heavy (non-hydrogen) atoms. The molecule has 0 saturated carbocycles. The molecule has 0 aliphatic carbocycles. The van der Waals surface area contributed by atoms with Crippen molar-refractivity contribution in [1.82, 2.24) is 15.0 Å². The summed E-state index contributed by atoms with van der Waals surface area (Å²) < 4.78 is 1.14. The zero-order valence-corrected chi connectivity index (χ0v) is 13.3. The Balaban J connectivity index is 0.000000693. The van der Waals surface area contributed by atoms with Gasteiger partial charge >= 0.3 is 0 Å². The lowest BCUT2D eigenvalue weighted by molar-refractivity contribution is 1.22. The van der Waals surface area contributed by atoms with Crippen molar-refractivity contribution in [2.75, 3.05) is 5.32 Å². The topological polar surface area (TPSA) is 50.7 Å². The Bertz CT molecular complexity index is 887. The minimum Gasteiger partial charge on any atom is -0.340 e. The summed E-state index contributed by atoms with van der Waals surface area (Å²) in [5.74, 6) is 0.802. The van der Waals surface area contributed by atoms with Crippen molar-refractivity contribution in [2.45, 2.75) is 13.8 Å². The zero-order chi connectivity index (χ0) is 15.4. The number of hydrogen-bond donors (Lipinski definition) is 1. The molecule has 4 rings (SSSR count). The number of aromatic nitrogens is 3. The summed E-state index contributed by atoms with van der Waals surface area (Å²) >= 11 is 1.62. The van der Waals surface area contributed by atoms with Crippen LogP contribution >= 0.6 is 11.3 Å². The molecule has 0 bridgehead atoms. The molecule has 2 aromatic heterocycles. The lowest BCUT2D eigenvalue weighted by atomic mass is 10.2. The molecule has 0 unspecified atom stereocenters. The normalized spacial score (nSPS) is 10.3. The van der Waals surface area contributed by atoms with Gasteiger partial charge in [0, 0.05) is 11.1 Å². The number of rotatable bonds is 2. The highest BCUT2D eigenvalue weighted by molar-refractivity contribution is 7.16. The van der Waals surface area contributed by atoms with Crippen LogP contribution in [0.1, 0.15) is 13.8 Å². The van der Waals surface area contributed by atoms with E-state index in [1.54, 1.807) is 17.7 Å². The Morgan fingerprint density at radius 3 is 2.50 bits per heavy atom. The van der Waals surface area contributed by atoms with Crippen molar-refractivity contribution in [3.8, 4) is 0 Å². The van der Waals surface area contributed by atoms with E-state index in [0.717, 1.165) is 32.6 Å². The Kier molecular flexibility index (Phi) is 4.25. The third kappa shape index (κ3) is 2.63. The third-order valence-corrected chi connectivity index (χ3v) is 3.94. The van der Waals surface area contributed by atoms with Gasteiger partial charge in [-0.1, -0.05) is 32.0 Å². The maximum Gasteiger partial charge on any atom is 0.141 e. The van der Waals surface area contributed by atoms with E-state index in [0.29, 0.717) is 0 Å². The average Bonchev–Trinajstić information content (AvgIpc) is 3.07. The standard InChI is InChI=1S/C15H10N4S.C2H6/c1-2-4-10(5-3-1)19-15-11-6-7-12-14(18-9-20-12)13(11)16-8-17-15;1-2/h1-9H,(H,16,17,19);1-2H3. The van der Waals surface area contributed by atoms with Gasteiger partial charge in [0.1, 0.15) is 23.2 Å². The maximum atomic E-state index is 4.40. The lowest BCUT2D eigenvalue weighted by Gasteiger charge is -2.08. The molecule has 2 heterocycles. The fraction of sp³-hybridized carbons (Fsp3) is 0.118. The first kappa shape index (κ1) is 14.4. The van der Waals surface area contributed by atoms with E-state index >= 15 is 0 Å². The molecule has 0 aliphatic heterocycles. The van der Waals surface area contributed by atoms with E-state index in [4.69, 9.17) is 0 Å².